The van der Waals surface area contributed by atoms with E-state index < -0.39 is 4.92 Å². The molecule has 0 aliphatic heterocycles. The molecule has 1 aromatic heterocycles. The van der Waals surface area contributed by atoms with Crippen LogP contribution in [0.5, 0.6) is 5.88 Å². The molecule has 1 heterocycles. The van der Waals surface area contributed by atoms with Crippen LogP contribution >= 0.6 is 0 Å². The summed E-state index contributed by atoms with van der Waals surface area (Å²) in [5.74, 6) is 1.38. The van der Waals surface area contributed by atoms with Crippen LogP contribution in [0, 0.1) is 16.0 Å². The molecule has 2 rings (SSSR count). The third-order valence-electron chi connectivity index (χ3n) is 4.18. The topological polar surface area (TPSA) is 90.2 Å². The van der Waals surface area contributed by atoms with Crippen LogP contribution in [0.3, 0.4) is 0 Å². The van der Waals surface area contributed by atoms with Gasteiger partial charge in [0, 0.05) is 12.5 Å². The first-order valence-corrected chi connectivity index (χ1v) is 7.92. The van der Waals surface area contributed by atoms with E-state index in [1.165, 1.54) is 13.5 Å². The Bertz CT molecular complexity index is 536. The molecule has 122 valence electrons. The highest BCUT2D eigenvalue weighted by Gasteiger charge is 2.29. The van der Waals surface area contributed by atoms with Crippen LogP contribution in [-0.4, -0.2) is 28.0 Å². The first-order chi connectivity index (χ1) is 10.6. The Kier molecular flexibility index (Phi) is 5.51. The fourth-order valence-corrected chi connectivity index (χ4v) is 2.93. The molecule has 0 spiro atoms. The molecule has 7 heteroatoms. The number of rotatable bonds is 6. The van der Waals surface area contributed by atoms with Crippen molar-refractivity contribution in [2.45, 2.75) is 58.4 Å². The van der Waals surface area contributed by atoms with Gasteiger partial charge in [0.1, 0.15) is 5.82 Å². The summed E-state index contributed by atoms with van der Waals surface area (Å²) in [5.41, 5.74) is -0.167. The van der Waals surface area contributed by atoms with E-state index in [9.17, 15) is 10.1 Å². The van der Waals surface area contributed by atoms with Crippen molar-refractivity contribution in [3.8, 4) is 5.88 Å². The molecule has 7 nitrogen and oxygen atoms in total. The molecule has 0 saturated heterocycles. The highest BCUT2D eigenvalue weighted by molar-refractivity contribution is 5.62. The molecule has 0 radical (unpaired) electrons. The molecule has 1 N–H and O–H groups in total. The van der Waals surface area contributed by atoms with Gasteiger partial charge in [-0.15, -0.1) is 0 Å². The standard InChI is InChI=1S/C15H24N4O3/c1-4-7-12-17-14(13(19(20)21)15(18-12)22-3)16-11-9-6-5-8-10(11)2/h10-11H,4-9H2,1-3H3,(H,16,17,18). The molecule has 22 heavy (non-hydrogen) atoms. The number of nitrogens with zero attached hydrogens (tertiary/aromatic N) is 3. The molecule has 1 aliphatic carbocycles. The Morgan fingerprint density at radius 2 is 2.09 bits per heavy atom. The lowest BCUT2D eigenvalue weighted by atomic mass is 9.86. The molecule has 1 saturated carbocycles. The zero-order chi connectivity index (χ0) is 16.1. The lowest BCUT2D eigenvalue weighted by molar-refractivity contribution is -0.385. The zero-order valence-electron chi connectivity index (χ0n) is 13.5. The van der Waals surface area contributed by atoms with Crippen molar-refractivity contribution in [3.63, 3.8) is 0 Å². The smallest absolute Gasteiger partial charge is 0.372 e. The van der Waals surface area contributed by atoms with E-state index in [2.05, 4.69) is 22.2 Å². The van der Waals surface area contributed by atoms with Gasteiger partial charge >= 0.3 is 5.69 Å². The lowest BCUT2D eigenvalue weighted by Crippen LogP contribution is -2.31. The van der Waals surface area contributed by atoms with Gasteiger partial charge in [-0.25, -0.2) is 4.98 Å². The average Bonchev–Trinajstić information content (AvgIpc) is 2.49. The second-order valence-electron chi connectivity index (χ2n) is 5.87. The Balaban J connectivity index is 2.37. The number of hydrogen-bond acceptors (Lipinski definition) is 6. The number of nitro groups is 1. The number of methoxy groups -OCH3 is 1. The van der Waals surface area contributed by atoms with Crippen LogP contribution in [0.15, 0.2) is 0 Å². The molecule has 1 aliphatic rings. The third kappa shape index (κ3) is 3.64. The minimum absolute atomic E-state index is 0.0365. The summed E-state index contributed by atoms with van der Waals surface area (Å²) in [7, 11) is 1.40. The summed E-state index contributed by atoms with van der Waals surface area (Å²) in [6.07, 6.45) is 6.04. The molecule has 1 aromatic rings. The van der Waals surface area contributed by atoms with E-state index in [4.69, 9.17) is 4.74 Å². The highest BCUT2D eigenvalue weighted by Crippen LogP contribution is 2.34. The van der Waals surface area contributed by atoms with Crippen LogP contribution in [0.4, 0.5) is 11.5 Å². The Morgan fingerprint density at radius 3 is 2.68 bits per heavy atom. The van der Waals surface area contributed by atoms with Gasteiger partial charge in [-0.3, -0.25) is 10.1 Å². The van der Waals surface area contributed by atoms with Crippen LogP contribution in [0.25, 0.3) is 0 Å². The summed E-state index contributed by atoms with van der Waals surface area (Å²) >= 11 is 0. The molecule has 2 unspecified atom stereocenters. The van der Waals surface area contributed by atoms with Crippen molar-refractivity contribution in [1.82, 2.24) is 9.97 Å². The number of anilines is 1. The SMILES string of the molecule is CCCc1nc(NC2CCCCC2C)c([N+](=O)[O-])c(OC)n1. The Morgan fingerprint density at radius 1 is 1.36 bits per heavy atom. The van der Waals surface area contributed by atoms with E-state index in [0.717, 1.165) is 25.7 Å². The van der Waals surface area contributed by atoms with Crippen molar-refractivity contribution in [2.75, 3.05) is 12.4 Å². The van der Waals surface area contributed by atoms with E-state index in [0.29, 0.717) is 24.0 Å². The number of hydrogen-bond donors (Lipinski definition) is 1. The predicted octanol–water partition coefficient (Wildman–Crippen LogP) is 3.34. The molecular formula is C15H24N4O3. The maximum atomic E-state index is 11.4. The van der Waals surface area contributed by atoms with E-state index in [1.807, 2.05) is 6.92 Å². The van der Waals surface area contributed by atoms with E-state index in [1.54, 1.807) is 0 Å². The minimum atomic E-state index is -0.468. The summed E-state index contributed by atoms with van der Waals surface area (Å²) in [5, 5.41) is 14.7. The first-order valence-electron chi connectivity index (χ1n) is 7.92. The fraction of sp³-hybridized carbons (Fsp3) is 0.733. The quantitative estimate of drug-likeness (QED) is 0.640. The van der Waals surface area contributed by atoms with Crippen LogP contribution in [-0.2, 0) is 6.42 Å². The van der Waals surface area contributed by atoms with Crippen molar-refractivity contribution in [1.29, 1.82) is 0 Å². The summed E-state index contributed by atoms with van der Waals surface area (Å²) in [4.78, 5) is 19.5. The Hall–Kier alpha value is -1.92. The molecule has 1 fully saturated rings. The summed E-state index contributed by atoms with van der Waals surface area (Å²) in [6.45, 7) is 4.20. The van der Waals surface area contributed by atoms with Gasteiger partial charge < -0.3 is 10.1 Å². The van der Waals surface area contributed by atoms with Gasteiger partial charge in [0.2, 0.25) is 5.82 Å². The van der Waals surface area contributed by atoms with Crippen molar-refractivity contribution < 1.29 is 9.66 Å². The maximum Gasteiger partial charge on any atom is 0.372 e. The number of aromatic nitrogens is 2. The van der Waals surface area contributed by atoms with Crippen molar-refractivity contribution in [3.05, 3.63) is 15.9 Å². The van der Waals surface area contributed by atoms with Crippen LogP contribution < -0.4 is 10.1 Å². The summed E-state index contributed by atoms with van der Waals surface area (Å²) < 4.78 is 5.12. The van der Waals surface area contributed by atoms with Crippen LogP contribution in [0.2, 0.25) is 0 Å². The van der Waals surface area contributed by atoms with Gasteiger partial charge in [-0.2, -0.15) is 4.98 Å². The van der Waals surface area contributed by atoms with Gasteiger partial charge in [0.25, 0.3) is 5.88 Å². The van der Waals surface area contributed by atoms with Crippen molar-refractivity contribution >= 4 is 11.5 Å². The maximum absolute atomic E-state index is 11.4. The fourth-order valence-electron chi connectivity index (χ4n) is 2.93. The molecule has 0 amide bonds. The highest BCUT2D eigenvalue weighted by atomic mass is 16.6. The number of aryl methyl sites for hydroxylation is 1. The largest absolute Gasteiger partial charge is 0.476 e. The van der Waals surface area contributed by atoms with E-state index in [-0.39, 0.29) is 17.6 Å². The van der Waals surface area contributed by atoms with Gasteiger partial charge in [-0.1, -0.05) is 26.7 Å². The molecule has 2 atom stereocenters. The van der Waals surface area contributed by atoms with Gasteiger partial charge in [-0.05, 0) is 25.2 Å². The predicted molar refractivity (Wildman–Crippen MR) is 84.3 cm³/mol. The van der Waals surface area contributed by atoms with E-state index >= 15 is 0 Å². The normalized spacial score (nSPS) is 21.4. The van der Waals surface area contributed by atoms with Crippen molar-refractivity contribution in [2.24, 2.45) is 5.92 Å². The minimum Gasteiger partial charge on any atom is -0.476 e. The number of ether oxygens (including phenoxy) is 1. The third-order valence-corrected chi connectivity index (χ3v) is 4.18. The zero-order valence-corrected chi connectivity index (χ0v) is 13.5. The van der Waals surface area contributed by atoms with Gasteiger partial charge in [0.05, 0.1) is 12.0 Å². The number of nitrogens with one attached hydrogen (secondary N) is 1. The van der Waals surface area contributed by atoms with Crippen LogP contribution in [0.1, 0.15) is 51.8 Å². The average molecular weight is 308 g/mol. The second-order valence-corrected chi connectivity index (χ2v) is 5.87. The monoisotopic (exact) mass is 308 g/mol. The first kappa shape index (κ1) is 16.5. The lowest BCUT2D eigenvalue weighted by Gasteiger charge is -2.29. The second kappa shape index (κ2) is 7.38. The molecule has 0 bridgehead atoms. The van der Waals surface area contributed by atoms with Gasteiger partial charge in [0.15, 0.2) is 0 Å². The molecule has 0 aromatic carbocycles. The Labute approximate surface area is 130 Å². The molecular weight excluding hydrogens is 284 g/mol. The summed E-state index contributed by atoms with van der Waals surface area (Å²) in [6, 6.07) is 0.210.